The van der Waals surface area contributed by atoms with Crippen molar-refractivity contribution in [2.45, 2.75) is 18.9 Å². The van der Waals surface area contributed by atoms with Gasteiger partial charge in [-0.2, -0.15) is 5.10 Å². The Hall–Kier alpha value is -4.11. The summed E-state index contributed by atoms with van der Waals surface area (Å²) in [6.45, 7) is 0. The van der Waals surface area contributed by atoms with Crippen LogP contribution in [-0.2, 0) is 11.2 Å². The highest BCUT2D eigenvalue weighted by molar-refractivity contribution is 5.67. The number of carboxylic acids is 1. The third-order valence-corrected chi connectivity index (χ3v) is 4.74. The van der Waals surface area contributed by atoms with E-state index in [0.29, 0.717) is 29.1 Å². The zero-order valence-corrected chi connectivity index (χ0v) is 16.9. The monoisotopic (exact) mass is 433 g/mol. The molecule has 8 nitrogen and oxygen atoms in total. The third-order valence-electron chi connectivity index (χ3n) is 4.74. The number of halogens is 1. The number of carbonyl (C=O) groups is 1. The number of hydrogen-bond acceptors (Lipinski definition) is 6. The number of rotatable bonds is 8. The van der Waals surface area contributed by atoms with Crippen molar-refractivity contribution in [1.29, 1.82) is 0 Å². The lowest BCUT2D eigenvalue weighted by Gasteiger charge is -2.10. The zero-order chi connectivity index (χ0) is 22.5. The number of hydrogen-bond donors (Lipinski definition) is 3. The van der Waals surface area contributed by atoms with Crippen molar-refractivity contribution in [2.24, 2.45) is 5.73 Å². The van der Waals surface area contributed by atoms with E-state index in [0.717, 1.165) is 11.1 Å². The lowest BCUT2D eigenvalue weighted by molar-refractivity contribution is -0.137. The molecule has 0 radical (unpaired) electrons. The second kappa shape index (κ2) is 9.36. The van der Waals surface area contributed by atoms with Crippen LogP contribution in [0.5, 0.6) is 11.6 Å². The SMILES string of the molecule is NC(CC(=O)O)Cc1ccnc(-c2ccc(Oc3ncc(-c4ccn[nH]4)cc3F)cc2)c1. The van der Waals surface area contributed by atoms with Gasteiger partial charge in [-0.1, -0.05) is 0 Å². The Morgan fingerprint density at radius 3 is 2.59 bits per heavy atom. The van der Waals surface area contributed by atoms with Crippen LogP contribution < -0.4 is 10.5 Å². The number of H-pyrrole nitrogens is 1. The number of aliphatic carboxylic acids is 1. The van der Waals surface area contributed by atoms with Gasteiger partial charge in [0, 0.05) is 35.8 Å². The molecule has 4 N–H and O–H groups in total. The largest absolute Gasteiger partial charge is 0.481 e. The molecular formula is C23H20FN5O3. The molecule has 0 aliphatic heterocycles. The van der Waals surface area contributed by atoms with Crippen molar-refractivity contribution in [1.82, 2.24) is 20.2 Å². The molecule has 3 aromatic heterocycles. The maximum Gasteiger partial charge on any atom is 0.304 e. The molecule has 0 aliphatic rings. The average molecular weight is 433 g/mol. The second-order valence-electron chi connectivity index (χ2n) is 7.22. The Balaban J connectivity index is 1.46. The van der Waals surface area contributed by atoms with E-state index < -0.39 is 17.8 Å². The Labute approximate surface area is 182 Å². The number of nitrogens with zero attached hydrogens (tertiary/aromatic N) is 3. The Bertz CT molecular complexity index is 1210. The molecule has 1 atom stereocenters. The molecule has 0 bridgehead atoms. The van der Waals surface area contributed by atoms with Crippen LogP contribution in [0.15, 0.2) is 67.1 Å². The number of nitrogens with one attached hydrogen (secondary N) is 1. The topological polar surface area (TPSA) is 127 Å². The number of aromatic amines is 1. The summed E-state index contributed by atoms with van der Waals surface area (Å²) < 4.78 is 20.0. The van der Waals surface area contributed by atoms with Crippen LogP contribution in [0.2, 0.25) is 0 Å². The molecule has 0 spiro atoms. The van der Waals surface area contributed by atoms with Gasteiger partial charge in [-0.15, -0.1) is 0 Å². The molecular weight excluding hydrogens is 413 g/mol. The molecule has 9 heteroatoms. The Kier molecular flexibility index (Phi) is 6.18. The van der Waals surface area contributed by atoms with Gasteiger partial charge in [-0.25, -0.2) is 9.37 Å². The van der Waals surface area contributed by atoms with Crippen LogP contribution in [-0.4, -0.2) is 37.3 Å². The molecule has 0 aliphatic carbocycles. The zero-order valence-electron chi connectivity index (χ0n) is 16.9. The standard InChI is InChI=1S/C23H20FN5O3/c24-19-11-16(20-6-8-28-29-20)13-27-23(19)32-18-3-1-15(2-4-18)21-10-14(5-7-26-21)9-17(25)12-22(30)31/h1-8,10-11,13,17H,9,12,25H2,(H,28,29)(H,30,31). The molecule has 4 rings (SSSR count). The van der Waals surface area contributed by atoms with Crippen LogP contribution in [0.25, 0.3) is 22.5 Å². The predicted octanol–water partition coefficient (Wildman–Crippen LogP) is 3.81. The molecule has 4 aromatic rings. The van der Waals surface area contributed by atoms with Gasteiger partial charge >= 0.3 is 5.97 Å². The fourth-order valence-corrected chi connectivity index (χ4v) is 3.23. The van der Waals surface area contributed by atoms with E-state index >= 15 is 0 Å². The minimum atomic E-state index is -0.927. The molecule has 1 aromatic carbocycles. The highest BCUT2D eigenvalue weighted by atomic mass is 19.1. The summed E-state index contributed by atoms with van der Waals surface area (Å²) in [5.41, 5.74) is 9.54. The maximum atomic E-state index is 14.4. The van der Waals surface area contributed by atoms with E-state index in [9.17, 15) is 9.18 Å². The molecule has 3 heterocycles. The van der Waals surface area contributed by atoms with E-state index in [1.165, 1.54) is 12.3 Å². The van der Waals surface area contributed by atoms with Crippen molar-refractivity contribution in [3.05, 3.63) is 78.5 Å². The average Bonchev–Trinajstić information content (AvgIpc) is 3.30. The Morgan fingerprint density at radius 2 is 1.91 bits per heavy atom. The minimum absolute atomic E-state index is 0.100. The van der Waals surface area contributed by atoms with Gasteiger partial charge in [0.2, 0.25) is 0 Å². The summed E-state index contributed by atoms with van der Waals surface area (Å²) >= 11 is 0. The first kappa shape index (κ1) is 21.1. The number of pyridine rings is 2. The molecule has 0 fully saturated rings. The van der Waals surface area contributed by atoms with Gasteiger partial charge in [-0.05, 0) is 60.5 Å². The first-order chi connectivity index (χ1) is 15.5. The summed E-state index contributed by atoms with van der Waals surface area (Å²) in [5, 5.41) is 15.5. The summed E-state index contributed by atoms with van der Waals surface area (Å²) in [5.74, 6) is -1.22. The van der Waals surface area contributed by atoms with Crippen molar-refractivity contribution in [3.8, 4) is 34.1 Å². The fourth-order valence-electron chi connectivity index (χ4n) is 3.23. The number of ether oxygens (including phenoxy) is 1. The van der Waals surface area contributed by atoms with E-state index in [4.69, 9.17) is 15.6 Å². The summed E-state index contributed by atoms with van der Waals surface area (Å²) in [7, 11) is 0. The summed E-state index contributed by atoms with van der Waals surface area (Å²) in [6.07, 6.45) is 5.07. The van der Waals surface area contributed by atoms with E-state index in [1.807, 2.05) is 12.1 Å². The number of aromatic nitrogens is 4. The molecule has 0 amide bonds. The summed E-state index contributed by atoms with van der Waals surface area (Å²) in [4.78, 5) is 19.2. The number of benzene rings is 1. The van der Waals surface area contributed by atoms with Crippen molar-refractivity contribution in [3.63, 3.8) is 0 Å². The quantitative estimate of drug-likeness (QED) is 0.386. The highest BCUT2D eigenvalue weighted by Crippen LogP contribution is 2.28. The van der Waals surface area contributed by atoms with E-state index in [-0.39, 0.29) is 12.3 Å². The van der Waals surface area contributed by atoms with Gasteiger partial charge in [0.25, 0.3) is 5.88 Å². The first-order valence-electron chi connectivity index (χ1n) is 9.84. The van der Waals surface area contributed by atoms with Gasteiger partial charge in [0.05, 0.1) is 17.8 Å². The Morgan fingerprint density at radius 1 is 1.09 bits per heavy atom. The lowest BCUT2D eigenvalue weighted by Crippen LogP contribution is -2.26. The van der Waals surface area contributed by atoms with Crippen LogP contribution in [0.1, 0.15) is 12.0 Å². The van der Waals surface area contributed by atoms with Crippen molar-refractivity contribution in [2.75, 3.05) is 0 Å². The maximum absolute atomic E-state index is 14.4. The van der Waals surface area contributed by atoms with Crippen LogP contribution >= 0.6 is 0 Å². The van der Waals surface area contributed by atoms with E-state index in [1.54, 1.807) is 42.7 Å². The molecule has 162 valence electrons. The van der Waals surface area contributed by atoms with Gasteiger partial charge < -0.3 is 15.6 Å². The van der Waals surface area contributed by atoms with Crippen molar-refractivity contribution >= 4 is 5.97 Å². The molecule has 0 saturated carbocycles. The first-order valence-corrected chi connectivity index (χ1v) is 9.84. The van der Waals surface area contributed by atoms with Gasteiger partial charge in [0.1, 0.15) is 5.75 Å². The number of carboxylic acid groups (broad SMARTS) is 1. The predicted molar refractivity (Wildman–Crippen MR) is 115 cm³/mol. The lowest BCUT2D eigenvalue weighted by atomic mass is 10.0. The van der Waals surface area contributed by atoms with Crippen molar-refractivity contribution < 1.29 is 19.0 Å². The van der Waals surface area contributed by atoms with Gasteiger partial charge in [-0.3, -0.25) is 14.9 Å². The normalized spacial score (nSPS) is 11.8. The third kappa shape index (κ3) is 5.13. The molecule has 32 heavy (non-hydrogen) atoms. The van der Waals surface area contributed by atoms with E-state index in [2.05, 4.69) is 20.2 Å². The van der Waals surface area contributed by atoms with Gasteiger partial charge in [0.15, 0.2) is 5.82 Å². The minimum Gasteiger partial charge on any atom is -0.481 e. The van der Waals surface area contributed by atoms with Crippen LogP contribution in [0.3, 0.4) is 0 Å². The number of nitrogens with two attached hydrogens (primary N) is 1. The summed E-state index contributed by atoms with van der Waals surface area (Å²) in [6, 6.07) is 13.3. The van der Waals surface area contributed by atoms with Crippen LogP contribution in [0.4, 0.5) is 4.39 Å². The second-order valence-corrected chi connectivity index (χ2v) is 7.22. The highest BCUT2D eigenvalue weighted by Gasteiger charge is 2.12. The molecule has 1 unspecified atom stereocenters. The fraction of sp³-hybridized carbons (Fsp3) is 0.130. The van der Waals surface area contributed by atoms with Crippen LogP contribution in [0, 0.1) is 5.82 Å². The smallest absolute Gasteiger partial charge is 0.304 e. The molecule has 0 saturated heterocycles.